The first-order valence-electron chi connectivity index (χ1n) is 23.1. The van der Waals surface area contributed by atoms with E-state index in [2.05, 4.69) is 211 Å². The van der Waals surface area contributed by atoms with Crippen molar-refractivity contribution in [3.63, 3.8) is 0 Å². The molecular weight excluding hydrogens is 829 g/mol. The number of para-hydroxylation sites is 1. The molecule has 0 saturated heterocycles. The summed E-state index contributed by atoms with van der Waals surface area (Å²) in [6.45, 7) is 0. The highest BCUT2D eigenvalue weighted by Gasteiger charge is 2.26. The van der Waals surface area contributed by atoms with E-state index in [1.807, 2.05) is 12.1 Å². The smallest absolute Gasteiger partial charge is 0.166 e. The Labute approximate surface area is 388 Å². The molecular formula is C63H36N4O. The van der Waals surface area contributed by atoms with Crippen molar-refractivity contribution in [2.45, 2.75) is 0 Å². The number of furan rings is 1. The molecule has 0 saturated carbocycles. The average molecular weight is 865 g/mol. The maximum Gasteiger partial charge on any atom is 0.166 e. The molecule has 3 heterocycles. The molecule has 15 rings (SSSR count). The van der Waals surface area contributed by atoms with E-state index in [1.165, 1.54) is 43.1 Å². The summed E-state index contributed by atoms with van der Waals surface area (Å²) in [5.74, 6) is 1.75. The summed E-state index contributed by atoms with van der Waals surface area (Å²) in [6, 6.07) is 78.1. The molecule has 15 aromatic rings. The fourth-order valence-corrected chi connectivity index (χ4v) is 11.2. The Kier molecular flexibility index (Phi) is 7.72. The van der Waals surface area contributed by atoms with Crippen LogP contribution < -0.4 is 0 Å². The van der Waals surface area contributed by atoms with E-state index in [1.54, 1.807) is 0 Å². The van der Waals surface area contributed by atoms with Crippen molar-refractivity contribution in [1.82, 2.24) is 19.5 Å². The second-order valence-corrected chi connectivity index (χ2v) is 17.9. The molecule has 68 heavy (non-hydrogen) atoms. The lowest BCUT2D eigenvalue weighted by Crippen LogP contribution is -2.05. The average Bonchev–Trinajstić information content (AvgIpc) is 3.94. The number of aromatic nitrogens is 4. The Hall–Kier alpha value is -9.19. The molecule has 0 aliphatic rings. The van der Waals surface area contributed by atoms with Crippen molar-refractivity contribution < 1.29 is 4.42 Å². The van der Waals surface area contributed by atoms with E-state index in [0.717, 1.165) is 87.7 Å². The van der Waals surface area contributed by atoms with Gasteiger partial charge in [0.05, 0.1) is 22.3 Å². The molecule has 0 N–H and O–H groups in total. The summed E-state index contributed by atoms with van der Waals surface area (Å²) >= 11 is 0. The number of nitrogens with zero attached hydrogens (tertiary/aromatic N) is 4. The Morgan fingerprint density at radius 1 is 0.294 bits per heavy atom. The molecule has 0 amide bonds. The van der Waals surface area contributed by atoms with E-state index in [-0.39, 0.29) is 0 Å². The molecule has 0 fully saturated rings. The summed E-state index contributed by atoms with van der Waals surface area (Å²) < 4.78 is 9.17. The van der Waals surface area contributed by atoms with Gasteiger partial charge in [-0.1, -0.05) is 170 Å². The van der Waals surface area contributed by atoms with Crippen LogP contribution in [0.4, 0.5) is 0 Å². The number of hydrogen-bond acceptors (Lipinski definition) is 4. The second kappa shape index (κ2) is 14.2. The van der Waals surface area contributed by atoms with Gasteiger partial charge < -0.3 is 8.98 Å². The van der Waals surface area contributed by atoms with Crippen molar-refractivity contribution in [2.75, 3.05) is 0 Å². The van der Waals surface area contributed by atoms with Gasteiger partial charge in [0.15, 0.2) is 17.5 Å². The summed E-state index contributed by atoms with van der Waals surface area (Å²) in [6.07, 6.45) is 0. The number of benzene rings is 12. The van der Waals surface area contributed by atoms with Gasteiger partial charge in [-0.25, -0.2) is 15.0 Å². The van der Waals surface area contributed by atoms with Crippen LogP contribution >= 0.6 is 0 Å². The van der Waals surface area contributed by atoms with Crippen molar-refractivity contribution in [1.29, 1.82) is 0 Å². The van der Waals surface area contributed by atoms with Crippen LogP contribution in [0, 0.1) is 0 Å². The van der Waals surface area contributed by atoms with E-state index in [0.29, 0.717) is 17.5 Å². The molecule has 5 heteroatoms. The van der Waals surface area contributed by atoms with Crippen molar-refractivity contribution >= 4 is 108 Å². The minimum Gasteiger partial charge on any atom is -0.456 e. The highest BCUT2D eigenvalue weighted by molar-refractivity contribution is 6.24. The Morgan fingerprint density at radius 2 is 0.794 bits per heavy atom. The highest BCUT2D eigenvalue weighted by Crippen LogP contribution is 2.46. The van der Waals surface area contributed by atoms with Gasteiger partial charge in [0, 0.05) is 32.7 Å². The minimum atomic E-state index is 0.559. The standard InChI is InChI=1S/C63H36N4O/c1-2-17-39-36-55-52(33-38(39)16-1)58-44-22-8-3-15-37(44)29-30-53(58)67(55)54-31-32-57-59(49-27-13-14-28-56(49)68-57)60(54)63-65-61(50-34-40-18-4-6-20-42(40)45-23-9-11-25-47(45)50)64-62(66-63)51-35-41-19-5-7-21-43(41)46-24-10-12-26-48(46)51/h1-36H. The first kappa shape index (κ1) is 37.1. The lowest BCUT2D eigenvalue weighted by atomic mass is 9.95. The van der Waals surface area contributed by atoms with E-state index >= 15 is 0 Å². The lowest BCUT2D eigenvalue weighted by Gasteiger charge is -2.17. The molecule has 0 aliphatic carbocycles. The zero-order valence-electron chi connectivity index (χ0n) is 36.5. The predicted molar refractivity (Wildman–Crippen MR) is 283 cm³/mol. The maximum atomic E-state index is 6.74. The molecule has 3 aromatic heterocycles. The largest absolute Gasteiger partial charge is 0.456 e. The van der Waals surface area contributed by atoms with Gasteiger partial charge >= 0.3 is 0 Å². The summed E-state index contributed by atoms with van der Waals surface area (Å²) in [4.78, 5) is 16.9. The highest BCUT2D eigenvalue weighted by atomic mass is 16.3. The second-order valence-electron chi connectivity index (χ2n) is 17.9. The van der Waals surface area contributed by atoms with E-state index < -0.39 is 0 Å². The van der Waals surface area contributed by atoms with Crippen LogP contribution in [0.5, 0.6) is 0 Å². The van der Waals surface area contributed by atoms with Gasteiger partial charge in [-0.2, -0.15) is 0 Å². The first-order valence-corrected chi connectivity index (χ1v) is 23.1. The third-order valence-electron chi connectivity index (χ3n) is 14.2. The van der Waals surface area contributed by atoms with Gasteiger partial charge in [0.25, 0.3) is 0 Å². The van der Waals surface area contributed by atoms with Crippen LogP contribution in [0.15, 0.2) is 223 Å². The summed E-state index contributed by atoms with van der Waals surface area (Å²) in [5.41, 5.74) is 7.45. The lowest BCUT2D eigenvalue weighted by molar-refractivity contribution is 0.669. The predicted octanol–water partition coefficient (Wildman–Crippen LogP) is 16.8. The van der Waals surface area contributed by atoms with Gasteiger partial charge in [-0.3, -0.25) is 0 Å². The third-order valence-corrected chi connectivity index (χ3v) is 14.2. The van der Waals surface area contributed by atoms with Gasteiger partial charge in [0.2, 0.25) is 0 Å². The third kappa shape index (κ3) is 5.35. The number of rotatable bonds is 4. The van der Waals surface area contributed by atoms with Crippen LogP contribution in [0.1, 0.15) is 0 Å². The zero-order valence-corrected chi connectivity index (χ0v) is 36.5. The van der Waals surface area contributed by atoms with E-state index in [4.69, 9.17) is 19.4 Å². The van der Waals surface area contributed by atoms with Crippen molar-refractivity contribution in [2.24, 2.45) is 0 Å². The first-order chi connectivity index (χ1) is 33.7. The van der Waals surface area contributed by atoms with Crippen LogP contribution in [0.2, 0.25) is 0 Å². The van der Waals surface area contributed by atoms with E-state index in [9.17, 15) is 0 Å². The summed E-state index contributed by atoms with van der Waals surface area (Å²) in [7, 11) is 0. The SMILES string of the molecule is c1ccc2cc3c(cc2c1)c1c2ccccc2ccc1n3-c1ccc2oc3ccccc3c2c1-c1nc(-c2cc3ccccc3c3ccccc23)nc(-c2cc3ccccc3c3ccccc23)n1. The number of hydrogen-bond donors (Lipinski definition) is 0. The molecule has 0 bridgehead atoms. The van der Waals surface area contributed by atoms with Gasteiger partial charge in [0.1, 0.15) is 11.2 Å². The summed E-state index contributed by atoms with van der Waals surface area (Å²) in [5, 5.41) is 18.1. The molecule has 0 atom stereocenters. The molecule has 0 spiro atoms. The molecule has 5 nitrogen and oxygen atoms in total. The molecule has 12 aromatic carbocycles. The fourth-order valence-electron chi connectivity index (χ4n) is 11.2. The van der Waals surface area contributed by atoms with Crippen LogP contribution in [0.3, 0.4) is 0 Å². The van der Waals surface area contributed by atoms with Crippen LogP contribution in [-0.2, 0) is 0 Å². The molecule has 314 valence electrons. The normalized spacial score (nSPS) is 12.1. The van der Waals surface area contributed by atoms with Gasteiger partial charge in [-0.05, 0) is 113 Å². The fraction of sp³-hybridized carbons (Fsp3) is 0. The minimum absolute atomic E-state index is 0.559. The monoisotopic (exact) mass is 864 g/mol. The molecule has 0 radical (unpaired) electrons. The maximum absolute atomic E-state index is 6.74. The Morgan fingerprint density at radius 3 is 1.44 bits per heavy atom. The molecule has 0 unspecified atom stereocenters. The number of fused-ring (bicyclic) bond motifs is 15. The zero-order chi connectivity index (χ0) is 44.5. The van der Waals surface area contributed by atoms with Crippen LogP contribution in [0.25, 0.3) is 148 Å². The van der Waals surface area contributed by atoms with Gasteiger partial charge in [-0.15, -0.1) is 0 Å². The van der Waals surface area contributed by atoms with Crippen molar-refractivity contribution in [3.05, 3.63) is 218 Å². The topological polar surface area (TPSA) is 56.7 Å². The molecule has 0 aliphatic heterocycles. The van der Waals surface area contributed by atoms with Crippen LogP contribution in [-0.4, -0.2) is 19.5 Å². The quantitative estimate of drug-likeness (QED) is 0.165. The Bertz CT molecular complexity index is 4500. The Balaban J connectivity index is 1.13. The van der Waals surface area contributed by atoms with Crippen molar-refractivity contribution in [3.8, 4) is 39.9 Å².